The van der Waals surface area contributed by atoms with Crippen molar-refractivity contribution >= 4 is 41.5 Å². The lowest BCUT2D eigenvalue weighted by Crippen LogP contribution is -2.39. The van der Waals surface area contributed by atoms with Crippen molar-refractivity contribution in [3.05, 3.63) is 65.5 Å². The largest absolute Gasteiger partial charge is 0.357 e. The monoisotopic (exact) mass is 494 g/mol. The van der Waals surface area contributed by atoms with Crippen molar-refractivity contribution in [2.75, 3.05) is 25.5 Å². The Kier molecular flexibility index (Phi) is 10.0. The molecule has 7 heteroatoms. The van der Waals surface area contributed by atoms with Crippen LogP contribution in [0.2, 0.25) is 0 Å². The summed E-state index contributed by atoms with van der Waals surface area (Å²) in [6.45, 7) is 3.01. The third-order valence-electron chi connectivity index (χ3n) is 3.69. The van der Waals surface area contributed by atoms with Gasteiger partial charge >= 0.3 is 0 Å². The summed E-state index contributed by atoms with van der Waals surface area (Å²) in [7, 11) is 1.83. The number of aliphatic imine (C=N–C) groups is 1. The van der Waals surface area contributed by atoms with Crippen LogP contribution in [0.3, 0.4) is 0 Å². The highest BCUT2D eigenvalue weighted by atomic mass is 127. The van der Waals surface area contributed by atoms with Gasteiger partial charge < -0.3 is 15.5 Å². The summed E-state index contributed by atoms with van der Waals surface area (Å²) in [5, 5.41) is 5.90. The quantitative estimate of drug-likeness (QED) is 0.280. The molecule has 2 N–H and O–H groups in total. The van der Waals surface area contributed by atoms with Crippen molar-refractivity contribution in [3.8, 4) is 12.3 Å². The van der Waals surface area contributed by atoms with E-state index in [9.17, 15) is 9.18 Å². The Morgan fingerprint density at radius 1 is 1.25 bits per heavy atom. The Morgan fingerprint density at radius 2 is 2.00 bits per heavy atom. The van der Waals surface area contributed by atoms with Gasteiger partial charge in [0.25, 0.3) is 0 Å². The number of rotatable bonds is 6. The van der Waals surface area contributed by atoms with Gasteiger partial charge in [-0.15, -0.1) is 30.4 Å². The first-order chi connectivity index (χ1) is 13.0. The number of halogens is 2. The van der Waals surface area contributed by atoms with Gasteiger partial charge in [0.05, 0.1) is 0 Å². The summed E-state index contributed by atoms with van der Waals surface area (Å²) < 4.78 is 13.4. The molecule has 0 aromatic heterocycles. The first-order valence-corrected chi connectivity index (χ1v) is 8.62. The Hall–Kier alpha value is -2.60. The van der Waals surface area contributed by atoms with Crippen LogP contribution in [-0.2, 0) is 11.3 Å². The van der Waals surface area contributed by atoms with Crippen LogP contribution in [0.5, 0.6) is 0 Å². The van der Waals surface area contributed by atoms with Crippen LogP contribution in [0.15, 0.2) is 53.5 Å². The predicted molar refractivity (Wildman–Crippen MR) is 122 cm³/mol. The van der Waals surface area contributed by atoms with E-state index in [4.69, 9.17) is 6.42 Å². The molecule has 0 aliphatic carbocycles. The maximum atomic E-state index is 13.4. The van der Waals surface area contributed by atoms with E-state index in [0.717, 1.165) is 5.56 Å². The molecular formula is C21H24FIN4O. The van der Waals surface area contributed by atoms with Gasteiger partial charge in [-0.1, -0.05) is 24.1 Å². The van der Waals surface area contributed by atoms with E-state index in [1.807, 2.05) is 24.9 Å². The maximum Gasteiger partial charge on any atom is 0.246 e. The van der Waals surface area contributed by atoms with Gasteiger partial charge in [0.15, 0.2) is 5.96 Å². The number of hydrogen-bond donors (Lipinski definition) is 2. The van der Waals surface area contributed by atoms with Gasteiger partial charge in [0.2, 0.25) is 5.91 Å². The highest BCUT2D eigenvalue weighted by Crippen LogP contribution is 2.10. The number of anilines is 1. The van der Waals surface area contributed by atoms with E-state index < -0.39 is 0 Å². The number of carbonyl (C=O) groups is 1. The summed E-state index contributed by atoms with van der Waals surface area (Å²) in [5.74, 6) is 2.56. The lowest BCUT2D eigenvalue weighted by atomic mass is 10.2. The lowest BCUT2D eigenvalue weighted by molar-refractivity contribution is -0.114. The van der Waals surface area contributed by atoms with Crippen LogP contribution in [0.25, 0.3) is 0 Å². The molecule has 28 heavy (non-hydrogen) atoms. The molecule has 0 aliphatic rings. The van der Waals surface area contributed by atoms with Crippen LogP contribution in [-0.4, -0.2) is 36.9 Å². The fourth-order valence-corrected chi connectivity index (χ4v) is 2.49. The van der Waals surface area contributed by atoms with Crippen molar-refractivity contribution < 1.29 is 9.18 Å². The van der Waals surface area contributed by atoms with Crippen LogP contribution >= 0.6 is 24.0 Å². The summed E-state index contributed by atoms with van der Waals surface area (Å²) in [4.78, 5) is 18.4. The zero-order chi connectivity index (χ0) is 19.6. The number of carbonyl (C=O) groups excluding carboxylic acids is 1. The first-order valence-electron chi connectivity index (χ1n) is 8.62. The van der Waals surface area contributed by atoms with Gasteiger partial charge in [-0.3, -0.25) is 4.79 Å². The van der Waals surface area contributed by atoms with Crippen LogP contribution in [0.4, 0.5) is 10.1 Å². The first kappa shape index (κ1) is 23.4. The van der Waals surface area contributed by atoms with Crippen LogP contribution in [0, 0.1) is 18.2 Å². The number of terminal acetylenes is 1. The second-order valence-corrected chi connectivity index (χ2v) is 5.93. The van der Waals surface area contributed by atoms with Gasteiger partial charge in [-0.05, 0) is 42.8 Å². The van der Waals surface area contributed by atoms with Gasteiger partial charge in [0, 0.05) is 31.4 Å². The molecule has 2 aromatic carbocycles. The second-order valence-electron chi connectivity index (χ2n) is 5.93. The number of hydrogen-bond acceptors (Lipinski definition) is 2. The number of amides is 1. The SMILES string of the molecule is C#Cc1cccc(NC(=O)CN=C(NCC)N(C)Cc2cccc(F)c2)c1.I. The molecular weight excluding hydrogens is 470 g/mol. The molecule has 0 aliphatic heterocycles. The Labute approximate surface area is 182 Å². The van der Waals surface area contributed by atoms with Gasteiger partial charge in [0.1, 0.15) is 12.4 Å². The third-order valence-corrected chi connectivity index (χ3v) is 3.69. The normalized spacial score (nSPS) is 10.4. The van der Waals surface area contributed by atoms with E-state index >= 15 is 0 Å². The molecule has 0 spiro atoms. The van der Waals surface area contributed by atoms with Gasteiger partial charge in [-0.25, -0.2) is 9.38 Å². The van der Waals surface area contributed by atoms with Crippen molar-refractivity contribution in [3.63, 3.8) is 0 Å². The molecule has 0 heterocycles. The Balaban J connectivity index is 0.00000392. The molecule has 0 saturated heterocycles. The molecule has 0 bridgehead atoms. The van der Waals surface area contributed by atoms with Crippen LogP contribution in [0.1, 0.15) is 18.1 Å². The standard InChI is InChI=1S/C21H23FN4O.HI/c1-4-16-8-7-11-19(13-16)25-20(27)14-24-21(23-5-2)26(3)15-17-9-6-10-18(22)12-17;/h1,6-13H,5,14-15H2,2-3H3,(H,23,24)(H,25,27);1H. The molecule has 5 nitrogen and oxygen atoms in total. The average molecular weight is 494 g/mol. The molecule has 0 atom stereocenters. The van der Waals surface area contributed by atoms with E-state index in [1.165, 1.54) is 12.1 Å². The summed E-state index contributed by atoms with van der Waals surface area (Å²) in [5.41, 5.74) is 2.14. The zero-order valence-corrected chi connectivity index (χ0v) is 18.2. The molecule has 0 radical (unpaired) electrons. The minimum Gasteiger partial charge on any atom is -0.357 e. The third kappa shape index (κ3) is 7.56. The molecule has 2 rings (SSSR count). The smallest absolute Gasteiger partial charge is 0.246 e. The molecule has 0 unspecified atom stereocenters. The van der Waals surface area contributed by atoms with E-state index in [1.54, 1.807) is 30.3 Å². The van der Waals surface area contributed by atoms with Gasteiger partial charge in [-0.2, -0.15) is 0 Å². The number of nitrogens with one attached hydrogen (secondary N) is 2. The van der Waals surface area contributed by atoms with E-state index in [0.29, 0.717) is 30.3 Å². The fraction of sp³-hybridized carbons (Fsp3) is 0.238. The van der Waals surface area contributed by atoms with Crippen LogP contribution < -0.4 is 10.6 Å². The molecule has 0 fully saturated rings. The molecule has 1 amide bonds. The molecule has 148 valence electrons. The highest BCUT2D eigenvalue weighted by molar-refractivity contribution is 14.0. The van der Waals surface area contributed by atoms with Crippen molar-refractivity contribution in [1.82, 2.24) is 10.2 Å². The summed E-state index contributed by atoms with van der Waals surface area (Å²) in [6, 6.07) is 13.5. The van der Waals surface area contributed by atoms with E-state index in [-0.39, 0.29) is 42.2 Å². The predicted octanol–water partition coefficient (Wildman–Crippen LogP) is 3.46. The Bertz CT molecular complexity index is 863. The number of guanidine groups is 1. The molecule has 0 saturated carbocycles. The average Bonchev–Trinajstić information content (AvgIpc) is 2.65. The number of benzene rings is 2. The topological polar surface area (TPSA) is 56.7 Å². The van der Waals surface area contributed by atoms with Crippen molar-refractivity contribution in [1.29, 1.82) is 0 Å². The minimum absolute atomic E-state index is 0. The van der Waals surface area contributed by atoms with Crippen molar-refractivity contribution in [2.24, 2.45) is 4.99 Å². The lowest BCUT2D eigenvalue weighted by Gasteiger charge is -2.22. The minimum atomic E-state index is -0.281. The fourth-order valence-electron chi connectivity index (χ4n) is 2.49. The Morgan fingerprint density at radius 3 is 2.68 bits per heavy atom. The van der Waals surface area contributed by atoms with E-state index in [2.05, 4.69) is 21.5 Å². The summed E-state index contributed by atoms with van der Waals surface area (Å²) >= 11 is 0. The zero-order valence-electron chi connectivity index (χ0n) is 15.9. The van der Waals surface area contributed by atoms with Crippen molar-refractivity contribution in [2.45, 2.75) is 13.5 Å². The number of nitrogens with zero attached hydrogens (tertiary/aromatic N) is 2. The second kappa shape index (κ2) is 12.0. The highest BCUT2D eigenvalue weighted by Gasteiger charge is 2.09. The summed E-state index contributed by atoms with van der Waals surface area (Å²) in [6.07, 6.45) is 5.37. The maximum absolute atomic E-state index is 13.4. The molecule has 2 aromatic rings.